The maximum atomic E-state index is 6.90. The lowest BCUT2D eigenvalue weighted by molar-refractivity contribution is 0.660. The monoisotopic (exact) mass is 729 g/mol. The first-order valence-corrected chi connectivity index (χ1v) is 19.8. The number of furan rings is 1. The Morgan fingerprint density at radius 3 is 1.54 bits per heavy atom. The summed E-state index contributed by atoms with van der Waals surface area (Å²) in [6.45, 7) is 4.70. The number of rotatable bonds is 6. The molecule has 270 valence electrons. The fraction of sp³-hybridized carbons (Fsp3) is 0.0545. The summed E-state index contributed by atoms with van der Waals surface area (Å²) in [5, 5.41) is 4.54. The number of fused-ring (bicyclic) bond motifs is 8. The van der Waals surface area contributed by atoms with Crippen molar-refractivity contribution in [3.63, 3.8) is 0 Å². The van der Waals surface area contributed by atoms with Crippen molar-refractivity contribution < 1.29 is 4.42 Å². The Morgan fingerprint density at radius 1 is 0.351 bits per heavy atom. The van der Waals surface area contributed by atoms with Gasteiger partial charge in [0.05, 0.1) is 0 Å². The van der Waals surface area contributed by atoms with E-state index in [0.29, 0.717) is 0 Å². The maximum Gasteiger partial charge on any atom is 0.143 e. The van der Waals surface area contributed by atoms with E-state index in [1.807, 2.05) is 0 Å². The summed E-state index contributed by atoms with van der Waals surface area (Å²) in [7, 11) is 0. The zero-order valence-corrected chi connectivity index (χ0v) is 31.9. The molecule has 10 aromatic rings. The van der Waals surface area contributed by atoms with Gasteiger partial charge in [0, 0.05) is 44.7 Å². The molecule has 1 heterocycles. The molecule has 0 fully saturated rings. The second kappa shape index (κ2) is 13.0. The molecule has 9 aromatic carbocycles. The zero-order chi connectivity index (χ0) is 38.1. The molecule has 0 saturated heterocycles. The van der Waals surface area contributed by atoms with Gasteiger partial charge >= 0.3 is 0 Å². The predicted molar refractivity (Wildman–Crippen MR) is 240 cm³/mol. The fourth-order valence-electron chi connectivity index (χ4n) is 9.15. The molecule has 0 bridgehead atoms. The molecule has 0 unspecified atom stereocenters. The standard InChI is InChI=1S/C55H39NO/c1-55(2)51-20-12-11-18-45(51)46-31-25-40(33-52(46)55)49-35-50-47-32-30-43(34-53(47)57-54(50)48-19-10-9-17-44(48)49)56(41-26-21-38(22-27-41)36-13-5-3-6-14-36)42-28-23-39(24-29-42)37-15-7-4-8-16-37/h3-35H,1-2H3. The van der Waals surface area contributed by atoms with E-state index >= 15 is 0 Å². The highest BCUT2D eigenvalue weighted by Gasteiger charge is 2.35. The van der Waals surface area contributed by atoms with Crippen molar-refractivity contribution in [2.45, 2.75) is 19.3 Å². The third-order valence-corrected chi connectivity index (χ3v) is 12.1. The molecule has 11 rings (SSSR count). The van der Waals surface area contributed by atoms with Crippen LogP contribution < -0.4 is 4.90 Å². The van der Waals surface area contributed by atoms with Gasteiger partial charge in [-0.3, -0.25) is 0 Å². The van der Waals surface area contributed by atoms with Crippen LogP contribution >= 0.6 is 0 Å². The maximum absolute atomic E-state index is 6.90. The number of hydrogen-bond acceptors (Lipinski definition) is 2. The summed E-state index contributed by atoms with van der Waals surface area (Å²) in [5.41, 5.74) is 17.6. The van der Waals surface area contributed by atoms with E-state index in [-0.39, 0.29) is 5.41 Å². The molecule has 0 atom stereocenters. The Bertz CT molecular complexity index is 3040. The Kier molecular flexibility index (Phi) is 7.55. The van der Waals surface area contributed by atoms with Crippen molar-refractivity contribution in [2.75, 3.05) is 4.90 Å². The third-order valence-electron chi connectivity index (χ3n) is 12.1. The van der Waals surface area contributed by atoms with E-state index in [2.05, 4.69) is 219 Å². The molecule has 2 nitrogen and oxygen atoms in total. The normalized spacial score (nSPS) is 12.9. The van der Waals surface area contributed by atoms with E-state index in [0.717, 1.165) is 44.4 Å². The molecule has 0 N–H and O–H groups in total. The fourth-order valence-corrected chi connectivity index (χ4v) is 9.15. The van der Waals surface area contributed by atoms with Crippen molar-refractivity contribution >= 4 is 49.8 Å². The minimum absolute atomic E-state index is 0.0732. The van der Waals surface area contributed by atoms with Crippen LogP contribution in [0.3, 0.4) is 0 Å². The smallest absolute Gasteiger partial charge is 0.143 e. The van der Waals surface area contributed by atoms with Gasteiger partial charge in [-0.1, -0.05) is 159 Å². The van der Waals surface area contributed by atoms with Gasteiger partial charge in [-0.05, 0) is 110 Å². The predicted octanol–water partition coefficient (Wildman–Crippen LogP) is 15.5. The Hall–Kier alpha value is -7.16. The zero-order valence-electron chi connectivity index (χ0n) is 31.9. The van der Waals surface area contributed by atoms with Gasteiger partial charge in [0.15, 0.2) is 0 Å². The van der Waals surface area contributed by atoms with E-state index in [4.69, 9.17) is 4.42 Å². The topological polar surface area (TPSA) is 16.4 Å². The SMILES string of the molecule is CC1(C)c2ccccc2-c2ccc(-c3cc4c5ccc(N(c6ccc(-c7ccccc7)cc6)c6ccc(-c7ccccc7)cc6)cc5oc4c4ccccc34)cc21. The molecule has 0 aliphatic heterocycles. The van der Waals surface area contributed by atoms with Gasteiger partial charge in [0.1, 0.15) is 11.2 Å². The second-order valence-electron chi connectivity index (χ2n) is 15.7. The first-order chi connectivity index (χ1) is 28.0. The highest BCUT2D eigenvalue weighted by Crippen LogP contribution is 2.50. The largest absolute Gasteiger partial charge is 0.455 e. The Labute approximate surface area is 332 Å². The molecule has 0 amide bonds. The molecule has 0 saturated carbocycles. The van der Waals surface area contributed by atoms with Crippen LogP contribution in [-0.2, 0) is 5.41 Å². The summed E-state index contributed by atoms with van der Waals surface area (Å²) in [6.07, 6.45) is 0. The van der Waals surface area contributed by atoms with Crippen LogP contribution in [0.25, 0.3) is 77.2 Å². The molecule has 57 heavy (non-hydrogen) atoms. The summed E-state index contributed by atoms with van der Waals surface area (Å²) in [5.74, 6) is 0. The summed E-state index contributed by atoms with van der Waals surface area (Å²) < 4.78 is 6.90. The first-order valence-electron chi connectivity index (χ1n) is 19.8. The van der Waals surface area contributed by atoms with Crippen molar-refractivity contribution in [1.29, 1.82) is 0 Å². The number of benzene rings is 9. The van der Waals surface area contributed by atoms with Gasteiger partial charge in [-0.15, -0.1) is 0 Å². The van der Waals surface area contributed by atoms with Crippen LogP contribution in [0.2, 0.25) is 0 Å². The van der Waals surface area contributed by atoms with E-state index < -0.39 is 0 Å². The van der Waals surface area contributed by atoms with Crippen LogP contribution in [0.5, 0.6) is 0 Å². The van der Waals surface area contributed by atoms with Crippen molar-refractivity contribution in [1.82, 2.24) is 0 Å². The van der Waals surface area contributed by atoms with Crippen molar-refractivity contribution in [2.24, 2.45) is 0 Å². The van der Waals surface area contributed by atoms with Crippen LogP contribution in [0.4, 0.5) is 17.1 Å². The molecule has 1 aliphatic rings. The molecular formula is C55H39NO. The van der Waals surface area contributed by atoms with Gasteiger partial charge < -0.3 is 9.32 Å². The lowest BCUT2D eigenvalue weighted by atomic mass is 9.81. The van der Waals surface area contributed by atoms with Crippen LogP contribution in [-0.4, -0.2) is 0 Å². The summed E-state index contributed by atoms with van der Waals surface area (Å²) in [4.78, 5) is 2.32. The summed E-state index contributed by atoms with van der Waals surface area (Å²) >= 11 is 0. The van der Waals surface area contributed by atoms with E-state index in [9.17, 15) is 0 Å². The average Bonchev–Trinajstić information content (AvgIpc) is 3.75. The van der Waals surface area contributed by atoms with E-state index in [1.165, 1.54) is 61.0 Å². The van der Waals surface area contributed by atoms with E-state index in [1.54, 1.807) is 0 Å². The first kappa shape index (κ1) is 33.2. The Morgan fingerprint density at radius 2 is 0.877 bits per heavy atom. The highest BCUT2D eigenvalue weighted by atomic mass is 16.3. The molecule has 2 heteroatoms. The third kappa shape index (κ3) is 5.40. The van der Waals surface area contributed by atoms with Gasteiger partial charge in [0.25, 0.3) is 0 Å². The molecule has 1 aliphatic carbocycles. The lowest BCUT2D eigenvalue weighted by Gasteiger charge is -2.26. The van der Waals surface area contributed by atoms with Crippen LogP contribution in [0.1, 0.15) is 25.0 Å². The minimum atomic E-state index is -0.0732. The molecule has 1 aromatic heterocycles. The van der Waals surface area contributed by atoms with Gasteiger partial charge in [0.2, 0.25) is 0 Å². The van der Waals surface area contributed by atoms with Crippen molar-refractivity contribution in [3.05, 3.63) is 211 Å². The average molecular weight is 730 g/mol. The summed E-state index contributed by atoms with van der Waals surface area (Å²) in [6, 6.07) is 72.4. The molecule has 0 spiro atoms. The number of hydrogen-bond donors (Lipinski definition) is 0. The highest BCUT2D eigenvalue weighted by molar-refractivity contribution is 6.19. The second-order valence-corrected chi connectivity index (χ2v) is 15.7. The van der Waals surface area contributed by atoms with Gasteiger partial charge in [-0.25, -0.2) is 0 Å². The number of nitrogens with zero attached hydrogens (tertiary/aromatic N) is 1. The number of anilines is 3. The minimum Gasteiger partial charge on any atom is -0.455 e. The van der Waals surface area contributed by atoms with Crippen LogP contribution in [0, 0.1) is 0 Å². The Balaban J connectivity index is 1.05. The molecular weight excluding hydrogens is 691 g/mol. The van der Waals surface area contributed by atoms with Crippen molar-refractivity contribution in [3.8, 4) is 44.5 Å². The van der Waals surface area contributed by atoms with Gasteiger partial charge in [-0.2, -0.15) is 0 Å². The lowest BCUT2D eigenvalue weighted by Crippen LogP contribution is -2.14. The molecule has 0 radical (unpaired) electrons. The van der Waals surface area contributed by atoms with Crippen LogP contribution in [0.15, 0.2) is 205 Å². The quantitative estimate of drug-likeness (QED) is 0.169.